The summed E-state index contributed by atoms with van der Waals surface area (Å²) in [5.41, 5.74) is 1.41. The van der Waals surface area contributed by atoms with E-state index in [1.165, 1.54) is 18.4 Å². The minimum absolute atomic E-state index is 0.406. The van der Waals surface area contributed by atoms with E-state index >= 15 is 0 Å². The summed E-state index contributed by atoms with van der Waals surface area (Å²) in [5.74, 6) is 1.66. The minimum atomic E-state index is 0.406. The molecule has 1 N–H and O–H groups in total. The maximum absolute atomic E-state index is 5.99. The molecular weight excluding hydrogens is 234 g/mol. The molecule has 0 spiro atoms. The van der Waals surface area contributed by atoms with Gasteiger partial charge in [0.05, 0.1) is 0 Å². The predicted octanol–water partition coefficient (Wildman–Crippen LogP) is 4.11. The summed E-state index contributed by atoms with van der Waals surface area (Å²) in [6.45, 7) is 7.83. The van der Waals surface area contributed by atoms with Gasteiger partial charge in [-0.15, -0.1) is 0 Å². The number of nitrogens with one attached hydrogen (secondary N) is 1. The summed E-state index contributed by atoms with van der Waals surface area (Å²) in [7, 11) is 0. The second kappa shape index (κ2) is 6.95. The van der Waals surface area contributed by atoms with Gasteiger partial charge in [-0.2, -0.15) is 0 Å². The van der Waals surface area contributed by atoms with E-state index in [0.717, 1.165) is 25.1 Å². The lowest BCUT2D eigenvalue weighted by atomic mass is 9.89. The first-order valence-corrected chi connectivity index (χ1v) is 7.72. The van der Waals surface area contributed by atoms with Crippen molar-refractivity contribution in [3.8, 4) is 5.75 Å². The van der Waals surface area contributed by atoms with Gasteiger partial charge in [-0.05, 0) is 55.8 Å². The van der Waals surface area contributed by atoms with E-state index in [2.05, 4.69) is 50.4 Å². The Hall–Kier alpha value is -1.02. The number of rotatable bonds is 7. The molecule has 2 rings (SSSR count). The molecule has 2 nitrogen and oxygen atoms in total. The monoisotopic (exact) mass is 261 g/mol. The molecule has 0 radical (unpaired) electrons. The minimum Gasteiger partial charge on any atom is -0.490 e. The van der Waals surface area contributed by atoms with Crippen molar-refractivity contribution < 1.29 is 4.74 Å². The molecule has 1 aliphatic rings. The Morgan fingerprint density at radius 3 is 2.47 bits per heavy atom. The van der Waals surface area contributed by atoms with Gasteiger partial charge in [0.25, 0.3) is 0 Å². The van der Waals surface area contributed by atoms with E-state index < -0.39 is 0 Å². The molecule has 0 bridgehead atoms. The highest BCUT2D eigenvalue weighted by atomic mass is 16.5. The van der Waals surface area contributed by atoms with Crippen LogP contribution in [-0.2, 0) is 0 Å². The normalized spacial score (nSPS) is 23.7. The molecule has 0 heterocycles. The number of ether oxygens (including phenoxy) is 1. The smallest absolute Gasteiger partial charge is 0.119 e. The van der Waals surface area contributed by atoms with Crippen molar-refractivity contribution in [3.05, 3.63) is 29.8 Å². The molecule has 0 aromatic heterocycles. The first kappa shape index (κ1) is 14.4. The molecule has 1 unspecified atom stereocenters. The highest BCUT2D eigenvalue weighted by Gasteiger charge is 2.30. The number of benzene rings is 1. The Morgan fingerprint density at radius 1 is 1.21 bits per heavy atom. The highest BCUT2D eigenvalue weighted by molar-refractivity contribution is 5.29. The van der Waals surface area contributed by atoms with Gasteiger partial charge in [-0.1, -0.05) is 32.9 Å². The summed E-state index contributed by atoms with van der Waals surface area (Å²) in [4.78, 5) is 0. The maximum atomic E-state index is 5.99. The molecule has 1 saturated carbocycles. The molecule has 0 aliphatic heterocycles. The molecule has 1 atom stereocenters. The van der Waals surface area contributed by atoms with Crippen LogP contribution >= 0.6 is 0 Å². The number of hydrogen-bond acceptors (Lipinski definition) is 2. The lowest BCUT2D eigenvalue weighted by Gasteiger charge is -2.36. The molecule has 2 heteroatoms. The van der Waals surface area contributed by atoms with Crippen LogP contribution in [0.5, 0.6) is 5.75 Å². The van der Waals surface area contributed by atoms with Gasteiger partial charge in [0.1, 0.15) is 11.9 Å². The molecule has 19 heavy (non-hydrogen) atoms. The van der Waals surface area contributed by atoms with Gasteiger partial charge in [0.2, 0.25) is 0 Å². The summed E-state index contributed by atoms with van der Waals surface area (Å²) in [6.07, 6.45) is 5.09. The third kappa shape index (κ3) is 3.97. The Bertz CT molecular complexity index is 367. The van der Waals surface area contributed by atoms with Crippen LogP contribution < -0.4 is 10.1 Å². The summed E-state index contributed by atoms with van der Waals surface area (Å²) < 4.78 is 5.99. The maximum Gasteiger partial charge on any atom is 0.119 e. The Morgan fingerprint density at radius 2 is 1.89 bits per heavy atom. The molecule has 1 fully saturated rings. The molecule has 1 aliphatic carbocycles. The molecular formula is C17H27NO. The summed E-state index contributed by atoms with van der Waals surface area (Å²) in [5, 5.41) is 3.54. The molecule has 1 aromatic carbocycles. The first-order valence-electron chi connectivity index (χ1n) is 7.72. The van der Waals surface area contributed by atoms with Gasteiger partial charge in [0, 0.05) is 6.04 Å². The topological polar surface area (TPSA) is 21.3 Å². The van der Waals surface area contributed by atoms with Crippen LogP contribution in [-0.4, -0.2) is 18.7 Å². The summed E-state index contributed by atoms with van der Waals surface area (Å²) in [6, 6.07) is 9.32. The van der Waals surface area contributed by atoms with E-state index in [4.69, 9.17) is 4.74 Å². The van der Waals surface area contributed by atoms with Crippen LogP contribution in [0.1, 0.15) is 57.9 Å². The van der Waals surface area contributed by atoms with Crippen LogP contribution in [0.25, 0.3) is 0 Å². The van der Waals surface area contributed by atoms with Crippen molar-refractivity contribution in [3.63, 3.8) is 0 Å². The quantitative estimate of drug-likeness (QED) is 0.797. The largest absolute Gasteiger partial charge is 0.490 e. The van der Waals surface area contributed by atoms with Gasteiger partial charge in [-0.25, -0.2) is 0 Å². The van der Waals surface area contributed by atoms with Gasteiger partial charge < -0.3 is 10.1 Å². The van der Waals surface area contributed by atoms with E-state index in [1.54, 1.807) is 0 Å². The van der Waals surface area contributed by atoms with Crippen LogP contribution in [0.4, 0.5) is 0 Å². The Balaban J connectivity index is 1.75. The van der Waals surface area contributed by atoms with Crippen molar-refractivity contribution in [2.24, 2.45) is 0 Å². The van der Waals surface area contributed by atoms with E-state index in [1.807, 2.05) is 0 Å². The van der Waals surface area contributed by atoms with Crippen LogP contribution in [0, 0.1) is 0 Å². The van der Waals surface area contributed by atoms with Crippen molar-refractivity contribution in [2.75, 3.05) is 6.54 Å². The second-order valence-corrected chi connectivity index (χ2v) is 5.74. The van der Waals surface area contributed by atoms with Gasteiger partial charge in [-0.3, -0.25) is 0 Å². The fourth-order valence-electron chi connectivity index (χ4n) is 2.48. The van der Waals surface area contributed by atoms with E-state index in [-0.39, 0.29) is 0 Å². The second-order valence-electron chi connectivity index (χ2n) is 5.74. The van der Waals surface area contributed by atoms with Gasteiger partial charge >= 0.3 is 0 Å². The molecule has 106 valence electrons. The SMILES string of the molecule is CCCNC1CC(Oc2ccc(C(C)CC)cc2)C1. The van der Waals surface area contributed by atoms with Crippen molar-refractivity contribution in [1.82, 2.24) is 5.32 Å². The Kier molecular flexibility index (Phi) is 5.26. The van der Waals surface area contributed by atoms with Crippen molar-refractivity contribution >= 4 is 0 Å². The molecule has 0 saturated heterocycles. The lowest BCUT2D eigenvalue weighted by molar-refractivity contribution is 0.0852. The molecule has 1 aromatic rings. The lowest BCUT2D eigenvalue weighted by Crippen LogP contribution is -2.46. The fourth-order valence-corrected chi connectivity index (χ4v) is 2.48. The summed E-state index contributed by atoms with van der Waals surface area (Å²) >= 11 is 0. The first-order chi connectivity index (χ1) is 9.22. The predicted molar refractivity (Wildman–Crippen MR) is 80.9 cm³/mol. The van der Waals surface area contributed by atoms with Crippen molar-refractivity contribution in [2.45, 2.75) is 64.5 Å². The standard InChI is InChI=1S/C17H27NO/c1-4-10-18-15-11-17(12-15)19-16-8-6-14(7-9-16)13(3)5-2/h6-9,13,15,17-18H,4-5,10-12H2,1-3H3. The zero-order chi connectivity index (χ0) is 13.7. The Labute approximate surface area is 117 Å². The average Bonchev–Trinajstić information content (AvgIpc) is 2.41. The average molecular weight is 261 g/mol. The fraction of sp³-hybridized carbons (Fsp3) is 0.647. The van der Waals surface area contributed by atoms with E-state index in [9.17, 15) is 0 Å². The van der Waals surface area contributed by atoms with Crippen molar-refractivity contribution in [1.29, 1.82) is 0 Å². The zero-order valence-electron chi connectivity index (χ0n) is 12.5. The zero-order valence-corrected chi connectivity index (χ0v) is 12.5. The van der Waals surface area contributed by atoms with Crippen LogP contribution in [0.15, 0.2) is 24.3 Å². The van der Waals surface area contributed by atoms with E-state index in [0.29, 0.717) is 18.1 Å². The third-order valence-corrected chi connectivity index (χ3v) is 4.14. The molecule has 0 amide bonds. The van der Waals surface area contributed by atoms with Crippen LogP contribution in [0.3, 0.4) is 0 Å². The number of hydrogen-bond donors (Lipinski definition) is 1. The van der Waals surface area contributed by atoms with Gasteiger partial charge in [0.15, 0.2) is 0 Å². The third-order valence-electron chi connectivity index (χ3n) is 4.14. The van der Waals surface area contributed by atoms with Crippen LogP contribution in [0.2, 0.25) is 0 Å². The highest BCUT2D eigenvalue weighted by Crippen LogP contribution is 2.27.